The Labute approximate surface area is 237 Å². The maximum Gasteiger partial charge on any atom is 0.298 e. The molecular formula is C24H28N4O10S3. The van der Waals surface area contributed by atoms with Gasteiger partial charge in [-0.05, 0) is 43.2 Å². The summed E-state index contributed by atoms with van der Waals surface area (Å²) in [5.41, 5.74) is -0.188. The van der Waals surface area contributed by atoms with Crippen LogP contribution in [-0.4, -0.2) is 78.9 Å². The van der Waals surface area contributed by atoms with Crippen LogP contribution in [0.5, 0.6) is 11.5 Å². The lowest BCUT2D eigenvalue weighted by molar-refractivity contribution is 0.144. The molecule has 1 aliphatic heterocycles. The van der Waals surface area contributed by atoms with Gasteiger partial charge in [-0.25, -0.2) is 16.8 Å². The minimum Gasteiger partial charge on any atom is -0.506 e. The molecule has 222 valence electrons. The fourth-order valence-electron chi connectivity index (χ4n) is 4.28. The molecule has 0 amide bonds. The SMILES string of the molecule is COCCOc1ccc(N=Nc2cc(S(=O)(=O)N3CCCC3)c(O)c3cccc(NS(C)(=O)=O)c23)cc1S(=O)(=O)O. The van der Waals surface area contributed by atoms with Gasteiger partial charge >= 0.3 is 0 Å². The van der Waals surface area contributed by atoms with Crippen LogP contribution >= 0.6 is 0 Å². The number of methoxy groups -OCH3 is 1. The number of rotatable bonds is 11. The smallest absolute Gasteiger partial charge is 0.298 e. The van der Waals surface area contributed by atoms with Crippen molar-refractivity contribution < 1.29 is 44.4 Å². The summed E-state index contributed by atoms with van der Waals surface area (Å²) in [6.07, 6.45) is 2.24. The van der Waals surface area contributed by atoms with E-state index in [1.807, 2.05) is 0 Å². The highest BCUT2D eigenvalue weighted by atomic mass is 32.2. The van der Waals surface area contributed by atoms with E-state index in [0.29, 0.717) is 12.8 Å². The Morgan fingerprint density at radius 3 is 2.29 bits per heavy atom. The summed E-state index contributed by atoms with van der Waals surface area (Å²) in [5, 5.41) is 19.2. The molecule has 0 radical (unpaired) electrons. The Hall–Kier alpha value is -3.35. The Balaban J connectivity index is 1.90. The first-order valence-electron chi connectivity index (χ1n) is 12.1. The summed E-state index contributed by atoms with van der Waals surface area (Å²) in [7, 11) is -11.3. The summed E-state index contributed by atoms with van der Waals surface area (Å²) in [6, 6.07) is 8.92. The predicted molar refractivity (Wildman–Crippen MR) is 150 cm³/mol. The fourth-order valence-corrected chi connectivity index (χ4v) is 7.13. The third-order valence-electron chi connectivity index (χ3n) is 6.08. The molecule has 0 aliphatic carbocycles. The molecule has 0 spiro atoms. The van der Waals surface area contributed by atoms with Gasteiger partial charge in [0.2, 0.25) is 20.0 Å². The van der Waals surface area contributed by atoms with Crippen molar-refractivity contribution in [2.24, 2.45) is 10.2 Å². The zero-order valence-electron chi connectivity index (χ0n) is 22.0. The molecule has 1 fully saturated rings. The van der Waals surface area contributed by atoms with Gasteiger partial charge in [0.25, 0.3) is 10.1 Å². The fraction of sp³-hybridized carbons (Fsp3) is 0.333. The number of hydrogen-bond acceptors (Lipinski definition) is 11. The van der Waals surface area contributed by atoms with Crippen molar-refractivity contribution in [1.29, 1.82) is 0 Å². The molecule has 3 aromatic carbocycles. The first kappa shape index (κ1) is 30.6. The number of sulfonamides is 2. The quantitative estimate of drug-likeness (QED) is 0.160. The number of aromatic hydroxyl groups is 1. The van der Waals surface area contributed by atoms with Gasteiger partial charge in [-0.3, -0.25) is 9.27 Å². The molecule has 1 saturated heterocycles. The molecule has 3 N–H and O–H groups in total. The highest BCUT2D eigenvalue weighted by molar-refractivity contribution is 7.92. The van der Waals surface area contributed by atoms with E-state index in [1.54, 1.807) is 0 Å². The lowest BCUT2D eigenvalue weighted by Gasteiger charge is -2.19. The van der Waals surface area contributed by atoms with Gasteiger partial charge in [0, 0.05) is 31.0 Å². The number of hydrogen-bond donors (Lipinski definition) is 3. The average Bonchev–Trinajstić information content (AvgIpc) is 3.44. The second-order valence-corrected chi connectivity index (χ2v) is 14.1. The Morgan fingerprint density at radius 2 is 1.66 bits per heavy atom. The monoisotopic (exact) mass is 628 g/mol. The highest BCUT2D eigenvalue weighted by Gasteiger charge is 2.32. The molecule has 0 unspecified atom stereocenters. The second-order valence-electron chi connectivity index (χ2n) is 9.10. The van der Waals surface area contributed by atoms with E-state index >= 15 is 0 Å². The summed E-state index contributed by atoms with van der Waals surface area (Å²) in [6.45, 7) is 0.698. The molecule has 3 aromatic rings. The van der Waals surface area contributed by atoms with Crippen LogP contribution in [-0.2, 0) is 34.9 Å². The van der Waals surface area contributed by atoms with Gasteiger partial charge in [-0.2, -0.15) is 17.8 Å². The number of nitrogens with zero attached hydrogens (tertiary/aromatic N) is 3. The van der Waals surface area contributed by atoms with Gasteiger partial charge in [0.05, 0.1) is 29.9 Å². The Bertz CT molecular complexity index is 1820. The molecule has 0 atom stereocenters. The first-order valence-corrected chi connectivity index (χ1v) is 16.9. The van der Waals surface area contributed by atoms with Crippen molar-refractivity contribution in [1.82, 2.24) is 4.31 Å². The molecule has 0 aromatic heterocycles. The van der Waals surface area contributed by atoms with Crippen LogP contribution in [0.25, 0.3) is 10.8 Å². The summed E-state index contributed by atoms with van der Waals surface area (Å²) in [5.74, 6) is -0.744. The lowest BCUT2D eigenvalue weighted by Crippen LogP contribution is -2.27. The molecule has 0 bridgehead atoms. The zero-order valence-corrected chi connectivity index (χ0v) is 24.5. The number of phenols is 1. The van der Waals surface area contributed by atoms with Gasteiger partial charge in [0.1, 0.15) is 27.9 Å². The maximum absolute atomic E-state index is 13.4. The molecular weight excluding hydrogens is 600 g/mol. The lowest BCUT2D eigenvalue weighted by atomic mass is 10.1. The topological polar surface area (TPSA) is 201 Å². The van der Waals surface area contributed by atoms with Crippen molar-refractivity contribution >= 4 is 58.0 Å². The minimum absolute atomic E-state index is 0.000105. The average molecular weight is 629 g/mol. The van der Waals surface area contributed by atoms with E-state index in [2.05, 4.69) is 15.0 Å². The first-order chi connectivity index (χ1) is 19.2. The van der Waals surface area contributed by atoms with E-state index in [1.165, 1.54) is 41.7 Å². The van der Waals surface area contributed by atoms with E-state index in [-0.39, 0.29) is 59.9 Å². The standard InChI is InChI=1S/C24H28N4O10S3/c1-37-12-13-38-20-9-8-16(14-21(20)41(34,35)36)25-26-19-15-22(40(32,33)28-10-3-4-11-28)24(29)17-6-5-7-18(23(17)19)27-39(2,30)31/h5-9,14-15,27,29H,3-4,10-13H2,1-2H3,(H,34,35,36). The van der Waals surface area contributed by atoms with Crippen LogP contribution in [0.15, 0.2) is 62.5 Å². The van der Waals surface area contributed by atoms with Crippen LogP contribution in [0.4, 0.5) is 17.1 Å². The van der Waals surface area contributed by atoms with E-state index in [0.717, 1.165) is 18.4 Å². The second kappa shape index (κ2) is 11.9. The van der Waals surface area contributed by atoms with Gasteiger partial charge in [0.15, 0.2) is 0 Å². The molecule has 14 nitrogen and oxygen atoms in total. The van der Waals surface area contributed by atoms with Crippen LogP contribution in [0.3, 0.4) is 0 Å². The van der Waals surface area contributed by atoms with Crippen LogP contribution in [0, 0.1) is 0 Å². The number of benzene rings is 3. The Kier molecular flexibility index (Phi) is 8.86. The summed E-state index contributed by atoms with van der Waals surface area (Å²) >= 11 is 0. The van der Waals surface area contributed by atoms with Crippen LogP contribution in [0.2, 0.25) is 0 Å². The minimum atomic E-state index is -4.74. The van der Waals surface area contributed by atoms with E-state index < -0.39 is 45.7 Å². The maximum atomic E-state index is 13.4. The predicted octanol–water partition coefficient (Wildman–Crippen LogP) is 3.39. The number of ether oxygens (including phenoxy) is 2. The largest absolute Gasteiger partial charge is 0.506 e. The van der Waals surface area contributed by atoms with E-state index in [9.17, 15) is 34.9 Å². The molecule has 4 rings (SSSR count). The number of azo groups is 1. The van der Waals surface area contributed by atoms with Crippen LogP contribution < -0.4 is 9.46 Å². The number of anilines is 1. The molecule has 1 aliphatic rings. The Morgan fingerprint density at radius 1 is 0.951 bits per heavy atom. The molecule has 1 heterocycles. The summed E-state index contributed by atoms with van der Waals surface area (Å²) in [4.78, 5) is -1.03. The van der Waals surface area contributed by atoms with Crippen molar-refractivity contribution in [2.75, 3.05) is 44.4 Å². The van der Waals surface area contributed by atoms with Crippen molar-refractivity contribution in [3.63, 3.8) is 0 Å². The van der Waals surface area contributed by atoms with Crippen LogP contribution in [0.1, 0.15) is 12.8 Å². The van der Waals surface area contributed by atoms with Gasteiger partial charge in [-0.15, -0.1) is 5.11 Å². The highest BCUT2D eigenvalue weighted by Crippen LogP contribution is 2.44. The van der Waals surface area contributed by atoms with Gasteiger partial charge < -0.3 is 14.6 Å². The molecule has 0 saturated carbocycles. The molecule has 17 heteroatoms. The van der Waals surface area contributed by atoms with Crippen molar-refractivity contribution in [2.45, 2.75) is 22.6 Å². The summed E-state index contributed by atoms with van der Waals surface area (Å²) < 4.78 is 98.4. The third kappa shape index (κ3) is 6.94. The zero-order chi connectivity index (χ0) is 30.0. The normalized spacial score (nSPS) is 15.1. The number of phenolic OH excluding ortho intramolecular Hbond substituents is 1. The van der Waals surface area contributed by atoms with E-state index in [4.69, 9.17) is 9.47 Å². The van der Waals surface area contributed by atoms with Crippen molar-refractivity contribution in [3.05, 3.63) is 42.5 Å². The molecule has 41 heavy (non-hydrogen) atoms. The van der Waals surface area contributed by atoms with Crippen molar-refractivity contribution in [3.8, 4) is 11.5 Å². The van der Waals surface area contributed by atoms with Gasteiger partial charge in [-0.1, -0.05) is 12.1 Å². The number of fused-ring (bicyclic) bond motifs is 1. The third-order valence-corrected chi connectivity index (χ3v) is 9.46. The number of nitrogens with one attached hydrogen (secondary N) is 1.